The Kier molecular flexibility index (Phi) is 6.17. The fourth-order valence-electron chi connectivity index (χ4n) is 2.43. The summed E-state index contributed by atoms with van der Waals surface area (Å²) >= 11 is 0. The molecule has 0 heterocycles. The van der Waals surface area contributed by atoms with Crippen molar-refractivity contribution >= 4 is 11.8 Å². The van der Waals surface area contributed by atoms with Crippen LogP contribution in [0, 0.1) is 13.8 Å². The summed E-state index contributed by atoms with van der Waals surface area (Å²) in [6.07, 6.45) is -0.885. The Hall–Kier alpha value is -2.82. The van der Waals surface area contributed by atoms with Gasteiger partial charge in [0, 0.05) is 5.56 Å². The van der Waals surface area contributed by atoms with Gasteiger partial charge >= 0.3 is 5.97 Å². The van der Waals surface area contributed by atoms with Crippen LogP contribution in [0.1, 0.15) is 28.4 Å². The fraction of sp³-hybridized carbons (Fsp3) is 0.300. The van der Waals surface area contributed by atoms with E-state index in [0.29, 0.717) is 17.1 Å². The van der Waals surface area contributed by atoms with Gasteiger partial charge in [-0.25, -0.2) is 4.79 Å². The molecular formula is C20H22O5. The lowest BCUT2D eigenvalue weighted by Crippen LogP contribution is -2.27. The molecule has 0 aliphatic heterocycles. The highest BCUT2D eigenvalue weighted by Gasteiger charge is 2.20. The molecule has 5 nitrogen and oxygen atoms in total. The van der Waals surface area contributed by atoms with Gasteiger partial charge in [0.2, 0.25) is 5.78 Å². The Balaban J connectivity index is 1.89. The van der Waals surface area contributed by atoms with E-state index in [9.17, 15) is 9.59 Å². The van der Waals surface area contributed by atoms with Crippen LogP contribution >= 0.6 is 0 Å². The number of benzene rings is 2. The molecule has 0 aliphatic rings. The van der Waals surface area contributed by atoms with E-state index < -0.39 is 12.1 Å². The van der Waals surface area contributed by atoms with Crippen molar-refractivity contribution in [2.75, 3.05) is 13.7 Å². The molecule has 25 heavy (non-hydrogen) atoms. The van der Waals surface area contributed by atoms with Crippen LogP contribution in [0.25, 0.3) is 0 Å². The molecule has 2 rings (SSSR count). The SMILES string of the molecule is COc1ccc(C(=O)[C@H](C)OC(=O)COc2cc(C)cc(C)c2)cc1. The third-order valence-electron chi connectivity index (χ3n) is 3.60. The Morgan fingerprint density at radius 3 is 2.12 bits per heavy atom. The Bertz CT molecular complexity index is 729. The van der Waals surface area contributed by atoms with Gasteiger partial charge in [-0.2, -0.15) is 0 Å². The molecule has 0 amide bonds. The highest BCUT2D eigenvalue weighted by Crippen LogP contribution is 2.17. The smallest absolute Gasteiger partial charge is 0.344 e. The van der Waals surface area contributed by atoms with E-state index in [0.717, 1.165) is 11.1 Å². The van der Waals surface area contributed by atoms with Crippen molar-refractivity contribution in [3.63, 3.8) is 0 Å². The van der Waals surface area contributed by atoms with Crippen LogP contribution < -0.4 is 9.47 Å². The molecule has 0 N–H and O–H groups in total. The van der Waals surface area contributed by atoms with E-state index in [2.05, 4.69) is 0 Å². The summed E-state index contributed by atoms with van der Waals surface area (Å²) in [5.74, 6) is 0.391. The van der Waals surface area contributed by atoms with Crippen LogP contribution in [0.3, 0.4) is 0 Å². The zero-order valence-electron chi connectivity index (χ0n) is 14.9. The van der Waals surface area contributed by atoms with Gasteiger partial charge in [0.1, 0.15) is 11.5 Å². The van der Waals surface area contributed by atoms with E-state index in [1.165, 1.54) is 0 Å². The standard InChI is InChI=1S/C20H22O5/c1-13-9-14(2)11-18(10-13)24-12-19(21)25-15(3)20(22)16-5-7-17(23-4)8-6-16/h5-11,15H,12H2,1-4H3/t15-/m0/s1. The topological polar surface area (TPSA) is 61.8 Å². The zero-order valence-corrected chi connectivity index (χ0v) is 14.9. The maximum atomic E-state index is 12.3. The van der Waals surface area contributed by atoms with Crippen LogP contribution in [0.4, 0.5) is 0 Å². The highest BCUT2D eigenvalue weighted by atomic mass is 16.6. The maximum absolute atomic E-state index is 12.3. The first-order chi connectivity index (χ1) is 11.9. The number of aryl methyl sites for hydroxylation is 2. The first kappa shape index (κ1) is 18.5. The van der Waals surface area contributed by atoms with Gasteiger partial charge in [0.25, 0.3) is 0 Å². The van der Waals surface area contributed by atoms with Gasteiger partial charge in [0.15, 0.2) is 12.7 Å². The molecule has 0 bridgehead atoms. The third kappa shape index (κ3) is 5.35. The van der Waals surface area contributed by atoms with Crippen molar-refractivity contribution in [2.24, 2.45) is 0 Å². The van der Waals surface area contributed by atoms with Gasteiger partial charge < -0.3 is 14.2 Å². The second-order valence-corrected chi connectivity index (χ2v) is 5.84. The number of carbonyl (C=O) groups excluding carboxylic acids is 2. The fourth-order valence-corrected chi connectivity index (χ4v) is 2.43. The van der Waals surface area contributed by atoms with Crippen LogP contribution in [0.2, 0.25) is 0 Å². The minimum Gasteiger partial charge on any atom is -0.497 e. The van der Waals surface area contributed by atoms with Gasteiger partial charge in [0.05, 0.1) is 7.11 Å². The lowest BCUT2D eigenvalue weighted by Gasteiger charge is -2.13. The number of ketones is 1. The van der Waals surface area contributed by atoms with Crippen LogP contribution in [-0.2, 0) is 9.53 Å². The van der Waals surface area contributed by atoms with Gasteiger partial charge in [-0.3, -0.25) is 4.79 Å². The molecule has 0 saturated carbocycles. The summed E-state index contributed by atoms with van der Waals surface area (Å²) < 4.78 is 15.7. The second kappa shape index (κ2) is 8.33. The van der Waals surface area contributed by atoms with E-state index in [1.807, 2.05) is 32.0 Å². The van der Waals surface area contributed by atoms with Crippen molar-refractivity contribution in [3.05, 3.63) is 59.2 Å². The van der Waals surface area contributed by atoms with E-state index in [1.54, 1.807) is 38.3 Å². The highest BCUT2D eigenvalue weighted by molar-refractivity contribution is 6.00. The normalized spacial score (nSPS) is 11.5. The van der Waals surface area contributed by atoms with Crippen molar-refractivity contribution in [2.45, 2.75) is 26.9 Å². The molecule has 0 fully saturated rings. The second-order valence-electron chi connectivity index (χ2n) is 5.84. The molecule has 2 aromatic rings. The summed E-state index contributed by atoms with van der Waals surface area (Å²) in [6.45, 7) is 5.20. The number of ether oxygens (including phenoxy) is 3. The van der Waals surface area contributed by atoms with Crippen LogP contribution in [0.15, 0.2) is 42.5 Å². The molecule has 0 radical (unpaired) electrons. The van der Waals surface area contributed by atoms with E-state index >= 15 is 0 Å². The third-order valence-corrected chi connectivity index (χ3v) is 3.60. The number of esters is 1. The Morgan fingerprint density at radius 2 is 1.56 bits per heavy atom. The lowest BCUT2D eigenvalue weighted by atomic mass is 10.1. The number of hydrogen-bond donors (Lipinski definition) is 0. The Morgan fingerprint density at radius 1 is 0.960 bits per heavy atom. The first-order valence-corrected chi connectivity index (χ1v) is 7.98. The minimum atomic E-state index is -0.885. The van der Waals surface area contributed by atoms with Crippen LogP contribution in [0.5, 0.6) is 11.5 Å². The molecule has 0 aliphatic carbocycles. The van der Waals surface area contributed by atoms with Crippen molar-refractivity contribution < 1.29 is 23.8 Å². The molecule has 0 saturated heterocycles. The number of carbonyl (C=O) groups is 2. The molecule has 0 spiro atoms. The summed E-state index contributed by atoms with van der Waals surface area (Å²) in [5.41, 5.74) is 2.55. The number of rotatable bonds is 7. The largest absolute Gasteiger partial charge is 0.497 e. The number of Topliss-reactive ketones (excluding diaryl/α,β-unsaturated/α-hetero) is 1. The molecule has 132 valence electrons. The first-order valence-electron chi connectivity index (χ1n) is 7.98. The summed E-state index contributed by atoms with van der Waals surface area (Å²) in [7, 11) is 1.55. The van der Waals surface area contributed by atoms with Crippen molar-refractivity contribution in [1.29, 1.82) is 0 Å². The van der Waals surface area contributed by atoms with Crippen molar-refractivity contribution in [3.8, 4) is 11.5 Å². The van der Waals surface area contributed by atoms with Crippen LogP contribution in [-0.4, -0.2) is 31.6 Å². The average molecular weight is 342 g/mol. The minimum absolute atomic E-state index is 0.247. The van der Waals surface area contributed by atoms with E-state index in [4.69, 9.17) is 14.2 Å². The predicted octanol–water partition coefficient (Wildman–Crippen LogP) is 3.51. The van der Waals surface area contributed by atoms with Crippen molar-refractivity contribution in [1.82, 2.24) is 0 Å². The lowest BCUT2D eigenvalue weighted by molar-refractivity contribution is -0.148. The molecule has 0 aromatic heterocycles. The zero-order chi connectivity index (χ0) is 18.4. The molecule has 2 aromatic carbocycles. The van der Waals surface area contributed by atoms with Gasteiger partial charge in [-0.15, -0.1) is 0 Å². The van der Waals surface area contributed by atoms with E-state index in [-0.39, 0.29) is 12.4 Å². The summed E-state index contributed by atoms with van der Waals surface area (Å²) in [6, 6.07) is 12.3. The van der Waals surface area contributed by atoms with Gasteiger partial charge in [-0.1, -0.05) is 6.07 Å². The quantitative estimate of drug-likeness (QED) is 0.569. The molecular weight excluding hydrogens is 320 g/mol. The Labute approximate surface area is 147 Å². The monoisotopic (exact) mass is 342 g/mol. The average Bonchev–Trinajstić information content (AvgIpc) is 2.58. The molecule has 0 unspecified atom stereocenters. The number of hydrogen-bond acceptors (Lipinski definition) is 5. The predicted molar refractivity (Wildman–Crippen MR) is 94.3 cm³/mol. The molecule has 1 atom stereocenters. The summed E-state index contributed by atoms with van der Waals surface area (Å²) in [4.78, 5) is 24.2. The molecule has 5 heteroatoms. The number of methoxy groups -OCH3 is 1. The maximum Gasteiger partial charge on any atom is 0.344 e. The summed E-state index contributed by atoms with van der Waals surface area (Å²) in [5, 5.41) is 0. The van der Waals surface area contributed by atoms with Gasteiger partial charge in [-0.05, 0) is 68.3 Å².